The molecule has 1 aliphatic heterocycles. The van der Waals surface area contributed by atoms with E-state index < -0.39 is 0 Å². The molecule has 0 radical (unpaired) electrons. The van der Waals surface area contributed by atoms with Crippen LogP contribution in [-0.4, -0.2) is 40.6 Å². The van der Waals surface area contributed by atoms with E-state index in [9.17, 15) is 9.18 Å². The molecule has 2 aromatic carbocycles. The van der Waals surface area contributed by atoms with E-state index in [0.717, 1.165) is 12.8 Å². The number of benzene rings is 2. The van der Waals surface area contributed by atoms with Gasteiger partial charge in [-0.15, -0.1) is 0 Å². The second-order valence-corrected chi connectivity index (χ2v) is 7.38. The highest BCUT2D eigenvalue weighted by Gasteiger charge is 2.27. The van der Waals surface area contributed by atoms with Crippen molar-refractivity contribution in [1.29, 1.82) is 0 Å². The second-order valence-electron chi connectivity index (χ2n) is 7.38. The standard InChI is InChI=1S/C23H24FN3O3/c1-2-29-20-12-6-4-10-18(20)23(28)27-13-7-8-16(15-27)14-21-25-22(26-30-21)17-9-3-5-11-19(17)24/h3-6,9-12,16H,2,7-8,13-15H2,1H3. The normalized spacial score (nSPS) is 16.5. The Balaban J connectivity index is 1.44. The molecule has 3 aromatic rings. The van der Waals surface area contributed by atoms with Crippen LogP contribution in [0, 0.1) is 11.7 Å². The maximum Gasteiger partial charge on any atom is 0.257 e. The zero-order valence-electron chi connectivity index (χ0n) is 16.9. The Morgan fingerprint density at radius 1 is 1.23 bits per heavy atom. The lowest BCUT2D eigenvalue weighted by molar-refractivity contribution is 0.0664. The van der Waals surface area contributed by atoms with Crippen LogP contribution in [0.15, 0.2) is 53.1 Å². The molecule has 0 spiro atoms. The Kier molecular flexibility index (Phi) is 6.07. The smallest absolute Gasteiger partial charge is 0.257 e. The number of halogens is 1. The summed E-state index contributed by atoms with van der Waals surface area (Å²) in [7, 11) is 0. The van der Waals surface area contributed by atoms with Crippen LogP contribution in [0.25, 0.3) is 11.4 Å². The number of carbonyl (C=O) groups excluding carboxylic acids is 1. The van der Waals surface area contributed by atoms with Gasteiger partial charge in [-0.05, 0) is 49.9 Å². The molecule has 2 heterocycles. The van der Waals surface area contributed by atoms with Crippen LogP contribution in [0.5, 0.6) is 5.75 Å². The fourth-order valence-corrected chi connectivity index (χ4v) is 3.85. The number of para-hydroxylation sites is 1. The van der Waals surface area contributed by atoms with Gasteiger partial charge in [-0.25, -0.2) is 4.39 Å². The van der Waals surface area contributed by atoms with Gasteiger partial charge in [-0.3, -0.25) is 4.79 Å². The molecule has 1 amide bonds. The number of rotatable bonds is 6. The van der Waals surface area contributed by atoms with Crippen LogP contribution >= 0.6 is 0 Å². The number of carbonyl (C=O) groups is 1. The van der Waals surface area contributed by atoms with E-state index in [-0.39, 0.29) is 23.5 Å². The number of amides is 1. The molecule has 0 N–H and O–H groups in total. The SMILES string of the molecule is CCOc1ccccc1C(=O)N1CCCC(Cc2nc(-c3ccccc3F)no2)C1. The number of hydrogen-bond acceptors (Lipinski definition) is 5. The third-order valence-corrected chi connectivity index (χ3v) is 5.27. The highest BCUT2D eigenvalue weighted by atomic mass is 19.1. The summed E-state index contributed by atoms with van der Waals surface area (Å²) in [5, 5.41) is 3.92. The van der Waals surface area contributed by atoms with Crippen LogP contribution in [0.2, 0.25) is 0 Å². The third-order valence-electron chi connectivity index (χ3n) is 5.27. The first kappa shape index (κ1) is 20.1. The number of ether oxygens (including phenoxy) is 1. The Labute approximate surface area is 174 Å². The number of hydrogen-bond donors (Lipinski definition) is 0. The van der Waals surface area contributed by atoms with Gasteiger partial charge < -0.3 is 14.2 Å². The van der Waals surface area contributed by atoms with Gasteiger partial charge in [0.1, 0.15) is 11.6 Å². The first-order chi connectivity index (χ1) is 14.7. The van der Waals surface area contributed by atoms with Crippen LogP contribution in [0.4, 0.5) is 4.39 Å². The molecule has 1 aliphatic rings. The number of piperidine rings is 1. The lowest BCUT2D eigenvalue weighted by atomic mass is 9.94. The lowest BCUT2D eigenvalue weighted by Crippen LogP contribution is -2.40. The minimum absolute atomic E-state index is 0.0266. The quantitative estimate of drug-likeness (QED) is 0.605. The second kappa shape index (κ2) is 9.07. The van der Waals surface area contributed by atoms with Crippen molar-refractivity contribution < 1.29 is 18.4 Å². The van der Waals surface area contributed by atoms with Crippen LogP contribution < -0.4 is 4.74 Å². The molecule has 7 heteroatoms. The van der Waals surface area contributed by atoms with Gasteiger partial charge in [-0.2, -0.15) is 4.98 Å². The molecule has 4 rings (SSSR count). The molecular weight excluding hydrogens is 385 g/mol. The van der Waals surface area contributed by atoms with E-state index in [0.29, 0.717) is 48.9 Å². The molecule has 1 unspecified atom stereocenters. The molecular formula is C23H24FN3O3. The average Bonchev–Trinajstić information content (AvgIpc) is 3.22. The van der Waals surface area contributed by atoms with Crippen LogP contribution in [-0.2, 0) is 6.42 Å². The van der Waals surface area contributed by atoms with Gasteiger partial charge in [0.25, 0.3) is 5.91 Å². The predicted octanol–water partition coefficient (Wildman–Crippen LogP) is 4.37. The minimum atomic E-state index is -0.382. The molecule has 6 nitrogen and oxygen atoms in total. The zero-order valence-corrected chi connectivity index (χ0v) is 16.9. The van der Waals surface area contributed by atoms with E-state index in [1.54, 1.807) is 24.3 Å². The summed E-state index contributed by atoms with van der Waals surface area (Å²) in [5.41, 5.74) is 0.903. The third kappa shape index (κ3) is 4.35. The maximum absolute atomic E-state index is 14.0. The van der Waals surface area contributed by atoms with Crippen LogP contribution in [0.3, 0.4) is 0 Å². The summed E-state index contributed by atoms with van der Waals surface area (Å²) >= 11 is 0. The van der Waals surface area contributed by atoms with Crippen molar-refractivity contribution in [2.24, 2.45) is 5.92 Å². The molecule has 156 valence electrons. The summed E-state index contributed by atoms with van der Waals surface area (Å²) in [5.74, 6) is 1.11. The Bertz CT molecular complexity index is 1020. The molecule has 1 atom stereocenters. The first-order valence-electron chi connectivity index (χ1n) is 10.2. The summed E-state index contributed by atoms with van der Waals surface area (Å²) < 4.78 is 24.9. The van der Waals surface area contributed by atoms with Gasteiger partial charge in [0, 0.05) is 19.5 Å². The summed E-state index contributed by atoms with van der Waals surface area (Å²) in [6, 6.07) is 13.7. The van der Waals surface area contributed by atoms with Gasteiger partial charge in [0.2, 0.25) is 11.7 Å². The summed E-state index contributed by atoms with van der Waals surface area (Å²) in [4.78, 5) is 19.3. The first-order valence-corrected chi connectivity index (χ1v) is 10.2. The molecule has 0 bridgehead atoms. The van der Waals surface area contributed by atoms with Crippen molar-refractivity contribution in [2.45, 2.75) is 26.2 Å². The van der Waals surface area contributed by atoms with E-state index in [1.807, 2.05) is 30.0 Å². The fraction of sp³-hybridized carbons (Fsp3) is 0.348. The molecule has 1 aromatic heterocycles. The maximum atomic E-state index is 14.0. The van der Waals surface area contributed by atoms with E-state index in [2.05, 4.69) is 10.1 Å². The van der Waals surface area contributed by atoms with E-state index in [4.69, 9.17) is 9.26 Å². The van der Waals surface area contributed by atoms with E-state index in [1.165, 1.54) is 6.07 Å². The zero-order chi connectivity index (χ0) is 20.9. The van der Waals surface area contributed by atoms with Crippen molar-refractivity contribution in [3.63, 3.8) is 0 Å². The van der Waals surface area contributed by atoms with Crippen molar-refractivity contribution in [3.05, 3.63) is 65.8 Å². The topological polar surface area (TPSA) is 68.5 Å². The number of likely N-dealkylation sites (tertiary alicyclic amines) is 1. The van der Waals surface area contributed by atoms with Crippen molar-refractivity contribution in [1.82, 2.24) is 15.0 Å². The van der Waals surface area contributed by atoms with Gasteiger partial charge in [0.15, 0.2) is 0 Å². The summed E-state index contributed by atoms with van der Waals surface area (Å²) in [6.07, 6.45) is 2.42. The minimum Gasteiger partial charge on any atom is -0.493 e. The molecule has 30 heavy (non-hydrogen) atoms. The van der Waals surface area contributed by atoms with Crippen LogP contribution in [0.1, 0.15) is 36.0 Å². The monoisotopic (exact) mass is 409 g/mol. The van der Waals surface area contributed by atoms with Crippen molar-refractivity contribution >= 4 is 5.91 Å². The number of aromatic nitrogens is 2. The largest absolute Gasteiger partial charge is 0.493 e. The van der Waals surface area contributed by atoms with E-state index >= 15 is 0 Å². The highest BCUT2D eigenvalue weighted by molar-refractivity contribution is 5.97. The Morgan fingerprint density at radius 2 is 2.03 bits per heavy atom. The Morgan fingerprint density at radius 3 is 2.87 bits per heavy atom. The molecule has 0 aliphatic carbocycles. The fourth-order valence-electron chi connectivity index (χ4n) is 3.85. The van der Waals surface area contributed by atoms with Gasteiger partial charge in [-0.1, -0.05) is 29.4 Å². The summed E-state index contributed by atoms with van der Waals surface area (Å²) in [6.45, 7) is 3.73. The molecule has 0 saturated carbocycles. The van der Waals surface area contributed by atoms with Crippen molar-refractivity contribution in [3.8, 4) is 17.1 Å². The Hall–Kier alpha value is -3.22. The van der Waals surface area contributed by atoms with Gasteiger partial charge in [0.05, 0.1) is 17.7 Å². The average molecular weight is 409 g/mol. The highest BCUT2D eigenvalue weighted by Crippen LogP contribution is 2.26. The van der Waals surface area contributed by atoms with Gasteiger partial charge >= 0.3 is 0 Å². The molecule has 1 saturated heterocycles. The predicted molar refractivity (Wildman–Crippen MR) is 110 cm³/mol. The lowest BCUT2D eigenvalue weighted by Gasteiger charge is -2.32. The van der Waals surface area contributed by atoms with Crippen molar-refractivity contribution in [2.75, 3.05) is 19.7 Å². The molecule has 1 fully saturated rings. The number of nitrogens with zero attached hydrogens (tertiary/aromatic N) is 3.